The lowest BCUT2D eigenvalue weighted by molar-refractivity contribution is -0.292. The molecule has 2 aromatic rings. The Bertz CT molecular complexity index is 1570. The van der Waals surface area contributed by atoms with Crippen LogP contribution < -0.4 is 27.0 Å². The average Bonchev–Trinajstić information content (AvgIpc) is 3.14. The molecule has 1 fully saturated rings. The van der Waals surface area contributed by atoms with E-state index in [9.17, 15) is 49.2 Å². The third-order valence-electron chi connectivity index (χ3n) is 8.08. The van der Waals surface area contributed by atoms with E-state index in [4.69, 9.17) is 19.9 Å². The molecule has 2 aromatic carbocycles. The van der Waals surface area contributed by atoms with E-state index in [1.54, 1.807) is 48.7 Å². The Labute approximate surface area is 315 Å². The number of nitrogens with one attached hydrogen (secondary N) is 4. The number of nitrogens with two attached hydrogens (primary N) is 1. The second-order valence-corrected chi connectivity index (χ2v) is 13.4. The van der Waals surface area contributed by atoms with Gasteiger partial charge in [0.1, 0.15) is 48.9 Å². The van der Waals surface area contributed by atoms with E-state index >= 15 is 0 Å². The van der Waals surface area contributed by atoms with Crippen molar-refractivity contribution < 1.29 is 63.4 Å². The Morgan fingerprint density at radius 1 is 0.815 bits per heavy atom. The number of hydrogen-bond donors (Lipinski definition) is 9. The number of phenols is 1. The predicted octanol–water partition coefficient (Wildman–Crippen LogP) is -2.63. The second kappa shape index (κ2) is 21.8. The summed E-state index contributed by atoms with van der Waals surface area (Å²) in [6.45, 7) is -0.617. The Morgan fingerprint density at radius 3 is 2.11 bits per heavy atom. The van der Waals surface area contributed by atoms with Gasteiger partial charge in [0.2, 0.25) is 29.9 Å². The fourth-order valence-corrected chi connectivity index (χ4v) is 5.63. The van der Waals surface area contributed by atoms with Gasteiger partial charge in [-0.15, -0.1) is 0 Å². The summed E-state index contributed by atoms with van der Waals surface area (Å²) in [5, 5.41) is 50.0. The molecule has 10 N–H and O–H groups in total. The Balaban J connectivity index is 1.58. The molecule has 4 amide bonds. The first-order chi connectivity index (χ1) is 25.7. The van der Waals surface area contributed by atoms with Gasteiger partial charge in [0, 0.05) is 13.3 Å². The van der Waals surface area contributed by atoms with E-state index in [1.807, 2.05) is 0 Å². The topological polar surface area (TPSA) is 285 Å². The molecule has 54 heavy (non-hydrogen) atoms. The molecule has 18 nitrogen and oxygen atoms in total. The summed E-state index contributed by atoms with van der Waals surface area (Å²) < 4.78 is 15.5. The third kappa shape index (κ3) is 14.2. The molecule has 1 aliphatic heterocycles. The van der Waals surface area contributed by atoms with E-state index in [0.717, 1.165) is 6.92 Å². The van der Waals surface area contributed by atoms with Crippen LogP contribution in [0.25, 0.3) is 0 Å². The number of aliphatic hydroxyl groups is 3. The number of ether oxygens (including phenoxy) is 3. The molecular weight excluding hydrogens is 730 g/mol. The minimum atomic E-state index is -1.79. The number of amides is 4. The van der Waals surface area contributed by atoms with Crippen LogP contribution in [0, 0.1) is 0 Å². The molecule has 0 unspecified atom stereocenters. The lowest BCUT2D eigenvalue weighted by Gasteiger charge is -2.39. The summed E-state index contributed by atoms with van der Waals surface area (Å²) >= 11 is 1.38. The highest BCUT2D eigenvalue weighted by Gasteiger charge is 2.46. The number of carbonyl (C=O) groups excluding carboxylic acids is 6. The SMILES string of the molecule is CSCC[C@H](NC(=O)[C@H](Cc1ccccc1)NC(=O)CNC(=O)CNC(=O)[C@@H](N)Cc1ccc(O)cc1)C(=O)OC[C@H]1O[C@@H](OC(C)=O)[C@H](O)[C@@H](O)[C@@H]1O. The monoisotopic (exact) mass is 777 g/mol. The van der Waals surface area contributed by atoms with E-state index in [-0.39, 0.29) is 25.0 Å². The minimum absolute atomic E-state index is 0.00545. The zero-order chi connectivity index (χ0) is 39.8. The fourth-order valence-electron chi connectivity index (χ4n) is 5.16. The van der Waals surface area contributed by atoms with Gasteiger partial charge in [0.05, 0.1) is 19.1 Å². The van der Waals surface area contributed by atoms with Crippen LogP contribution in [0.15, 0.2) is 54.6 Å². The van der Waals surface area contributed by atoms with Gasteiger partial charge in [-0.1, -0.05) is 42.5 Å². The smallest absolute Gasteiger partial charge is 0.328 e. The standard InChI is InChI=1S/C35H47N5O13S/c1-19(41)52-35-31(47)30(46)29(45)26(53-35)18-51-34(50)24(12-13-54-2)40-33(49)25(15-20-6-4-3-5-7-20)39-28(44)17-37-27(43)16-38-32(48)23(36)14-21-8-10-22(42)11-9-21/h3-11,23-26,29-31,35,42,45-47H,12-18,36H2,1-2H3,(H,37,43)(H,38,48)(H,39,44)(H,40,49)/t23-,24-,25-,26+,29+,30-,31+,35+/m0/s1. The maximum atomic E-state index is 13.6. The molecule has 8 atom stereocenters. The van der Waals surface area contributed by atoms with Crippen molar-refractivity contribution in [3.63, 3.8) is 0 Å². The summed E-state index contributed by atoms with van der Waals surface area (Å²) in [6, 6.07) is 11.4. The van der Waals surface area contributed by atoms with Crippen molar-refractivity contribution in [3.05, 3.63) is 65.7 Å². The summed E-state index contributed by atoms with van der Waals surface area (Å²) in [4.78, 5) is 75.9. The van der Waals surface area contributed by atoms with Gasteiger partial charge in [-0.25, -0.2) is 4.79 Å². The average molecular weight is 778 g/mol. The lowest BCUT2D eigenvalue weighted by Crippen LogP contribution is -2.60. The fraction of sp³-hybridized carbons (Fsp3) is 0.486. The van der Waals surface area contributed by atoms with E-state index in [2.05, 4.69) is 21.3 Å². The number of aromatic hydroxyl groups is 1. The van der Waals surface area contributed by atoms with E-state index < -0.39 is 104 Å². The number of benzene rings is 2. The zero-order valence-electron chi connectivity index (χ0n) is 29.7. The number of thioether (sulfide) groups is 1. The number of aliphatic hydroxyl groups excluding tert-OH is 3. The molecule has 0 radical (unpaired) electrons. The van der Waals surface area contributed by atoms with Crippen LogP contribution in [0.3, 0.4) is 0 Å². The maximum Gasteiger partial charge on any atom is 0.328 e. The van der Waals surface area contributed by atoms with Crippen LogP contribution >= 0.6 is 11.8 Å². The number of phenolic OH excluding ortho intramolecular Hbond substituents is 1. The molecule has 0 aliphatic carbocycles. The van der Waals surface area contributed by atoms with Crippen LogP contribution in [-0.4, -0.2) is 137 Å². The third-order valence-corrected chi connectivity index (χ3v) is 8.73. The molecule has 19 heteroatoms. The summed E-state index contributed by atoms with van der Waals surface area (Å²) in [5.74, 6) is -4.10. The van der Waals surface area contributed by atoms with Crippen molar-refractivity contribution in [3.8, 4) is 5.75 Å². The molecule has 0 saturated carbocycles. The molecule has 0 aromatic heterocycles. The van der Waals surface area contributed by atoms with Crippen LogP contribution in [0.4, 0.5) is 0 Å². The summed E-state index contributed by atoms with van der Waals surface area (Å²) in [7, 11) is 0. The Kier molecular flexibility index (Phi) is 17.6. The molecule has 0 bridgehead atoms. The lowest BCUT2D eigenvalue weighted by atomic mass is 9.99. The first-order valence-corrected chi connectivity index (χ1v) is 18.3. The van der Waals surface area contributed by atoms with Crippen LogP contribution in [0.5, 0.6) is 5.75 Å². The number of rotatable bonds is 19. The quantitative estimate of drug-likeness (QED) is 0.0660. The first kappa shape index (κ1) is 43.6. The molecular formula is C35H47N5O13S. The van der Waals surface area contributed by atoms with Crippen molar-refractivity contribution in [2.24, 2.45) is 5.73 Å². The van der Waals surface area contributed by atoms with Crippen molar-refractivity contribution in [1.82, 2.24) is 21.3 Å². The first-order valence-electron chi connectivity index (χ1n) is 16.9. The van der Waals surface area contributed by atoms with Crippen molar-refractivity contribution in [2.45, 2.75) is 75.0 Å². The number of hydrogen-bond acceptors (Lipinski definition) is 15. The van der Waals surface area contributed by atoms with Crippen molar-refractivity contribution in [2.75, 3.05) is 31.7 Å². The molecule has 3 rings (SSSR count). The predicted molar refractivity (Wildman–Crippen MR) is 192 cm³/mol. The Morgan fingerprint density at radius 2 is 1.46 bits per heavy atom. The largest absolute Gasteiger partial charge is 0.508 e. The molecule has 0 spiro atoms. The van der Waals surface area contributed by atoms with Gasteiger partial charge in [-0.05, 0) is 48.1 Å². The van der Waals surface area contributed by atoms with Crippen LogP contribution in [-0.2, 0) is 55.8 Å². The second-order valence-electron chi connectivity index (χ2n) is 12.4. The summed E-state index contributed by atoms with van der Waals surface area (Å²) in [6.07, 6.45) is -6.25. The van der Waals surface area contributed by atoms with E-state index in [0.29, 0.717) is 16.9 Å². The Hall–Kier alpha value is -4.79. The van der Waals surface area contributed by atoms with Gasteiger partial charge >= 0.3 is 11.9 Å². The number of esters is 2. The minimum Gasteiger partial charge on any atom is -0.508 e. The van der Waals surface area contributed by atoms with Crippen molar-refractivity contribution >= 4 is 47.3 Å². The molecule has 1 aliphatic rings. The molecule has 1 saturated heterocycles. The number of carbonyl (C=O) groups is 6. The van der Waals surface area contributed by atoms with Gasteiger partial charge in [-0.2, -0.15) is 11.8 Å². The van der Waals surface area contributed by atoms with Crippen LogP contribution in [0.2, 0.25) is 0 Å². The van der Waals surface area contributed by atoms with Gasteiger partial charge < -0.3 is 61.6 Å². The van der Waals surface area contributed by atoms with Gasteiger partial charge in [0.15, 0.2) is 0 Å². The zero-order valence-corrected chi connectivity index (χ0v) is 30.5. The highest BCUT2D eigenvalue weighted by molar-refractivity contribution is 7.98. The molecule has 296 valence electrons. The highest BCUT2D eigenvalue weighted by atomic mass is 32.2. The summed E-state index contributed by atoms with van der Waals surface area (Å²) in [5.41, 5.74) is 7.29. The highest BCUT2D eigenvalue weighted by Crippen LogP contribution is 2.23. The van der Waals surface area contributed by atoms with Crippen LogP contribution in [0.1, 0.15) is 24.5 Å². The molecule has 1 heterocycles. The maximum absolute atomic E-state index is 13.6. The van der Waals surface area contributed by atoms with E-state index in [1.165, 1.54) is 23.9 Å². The van der Waals surface area contributed by atoms with Gasteiger partial charge in [0.25, 0.3) is 0 Å². The van der Waals surface area contributed by atoms with Gasteiger partial charge in [-0.3, -0.25) is 24.0 Å². The van der Waals surface area contributed by atoms with Crippen molar-refractivity contribution in [1.29, 1.82) is 0 Å². The normalized spacial score (nSPS) is 21.0.